The van der Waals surface area contributed by atoms with Crippen LogP contribution in [0.3, 0.4) is 0 Å². The number of aliphatic hydroxyl groups excluding tert-OH is 1. The third kappa shape index (κ3) is 4.97. The van der Waals surface area contributed by atoms with Crippen LogP contribution in [0, 0.1) is 0 Å². The van der Waals surface area contributed by atoms with Crippen molar-refractivity contribution in [2.45, 2.75) is 51.7 Å². The van der Waals surface area contributed by atoms with Crippen molar-refractivity contribution in [2.75, 3.05) is 26.8 Å². The molecule has 1 fully saturated rings. The van der Waals surface area contributed by atoms with E-state index >= 15 is 0 Å². The van der Waals surface area contributed by atoms with Crippen LogP contribution in [-0.4, -0.2) is 42.9 Å². The molecular formula is C18H30N2O2. The molecule has 2 N–H and O–H groups in total. The van der Waals surface area contributed by atoms with E-state index < -0.39 is 0 Å². The Hall–Kier alpha value is -1.10. The van der Waals surface area contributed by atoms with Crippen LogP contribution in [0.1, 0.15) is 43.7 Å². The quantitative estimate of drug-likeness (QED) is 0.736. The van der Waals surface area contributed by atoms with Crippen LogP contribution in [0.25, 0.3) is 0 Å². The van der Waals surface area contributed by atoms with Gasteiger partial charge in [0.25, 0.3) is 0 Å². The molecule has 0 amide bonds. The number of rotatable bonds is 9. The maximum Gasteiger partial charge on any atom is 0.123 e. The minimum absolute atomic E-state index is 0.203. The van der Waals surface area contributed by atoms with Gasteiger partial charge in [0.05, 0.1) is 13.7 Å². The summed E-state index contributed by atoms with van der Waals surface area (Å²) in [6.45, 7) is 5.70. The monoisotopic (exact) mass is 306 g/mol. The predicted octanol–water partition coefficient (Wildman–Crippen LogP) is 2.54. The van der Waals surface area contributed by atoms with E-state index in [-0.39, 0.29) is 6.61 Å². The van der Waals surface area contributed by atoms with Gasteiger partial charge in [0.15, 0.2) is 0 Å². The molecule has 0 radical (unpaired) electrons. The molecule has 1 aromatic rings. The maximum atomic E-state index is 9.09. The SMILES string of the molecule is CCN(CCO)Cc1ccc(CNC2CCCC2)c(OC)c1. The van der Waals surface area contributed by atoms with E-state index in [1.54, 1.807) is 7.11 Å². The van der Waals surface area contributed by atoms with E-state index in [0.29, 0.717) is 12.6 Å². The smallest absolute Gasteiger partial charge is 0.123 e. The highest BCUT2D eigenvalue weighted by molar-refractivity contribution is 5.37. The van der Waals surface area contributed by atoms with Gasteiger partial charge in [-0.3, -0.25) is 4.90 Å². The van der Waals surface area contributed by atoms with Crippen LogP contribution in [0.4, 0.5) is 0 Å². The van der Waals surface area contributed by atoms with Gasteiger partial charge in [-0.1, -0.05) is 31.9 Å². The van der Waals surface area contributed by atoms with E-state index in [2.05, 4.69) is 35.3 Å². The normalized spacial score (nSPS) is 15.6. The van der Waals surface area contributed by atoms with Crippen molar-refractivity contribution in [3.05, 3.63) is 29.3 Å². The minimum atomic E-state index is 0.203. The standard InChI is InChI=1S/C18H30N2O2/c1-3-20(10-11-21)14-15-8-9-16(18(12-15)22-2)13-19-17-6-4-5-7-17/h8-9,12,17,19,21H,3-7,10-11,13-14H2,1-2H3. The van der Waals surface area contributed by atoms with Crippen LogP contribution >= 0.6 is 0 Å². The van der Waals surface area contributed by atoms with E-state index in [9.17, 15) is 0 Å². The van der Waals surface area contributed by atoms with E-state index in [4.69, 9.17) is 9.84 Å². The number of methoxy groups -OCH3 is 1. The summed E-state index contributed by atoms with van der Waals surface area (Å²) in [5, 5.41) is 12.7. The third-order valence-electron chi connectivity index (χ3n) is 4.56. The first-order valence-electron chi connectivity index (χ1n) is 8.49. The summed E-state index contributed by atoms with van der Waals surface area (Å²) in [4.78, 5) is 2.23. The third-order valence-corrected chi connectivity index (χ3v) is 4.56. The van der Waals surface area contributed by atoms with Crippen LogP contribution in [0.15, 0.2) is 18.2 Å². The van der Waals surface area contributed by atoms with Crippen LogP contribution in [-0.2, 0) is 13.1 Å². The van der Waals surface area contributed by atoms with Crippen molar-refractivity contribution in [2.24, 2.45) is 0 Å². The number of benzene rings is 1. The second kappa shape index (κ2) is 9.13. The molecule has 124 valence electrons. The number of aliphatic hydroxyl groups is 1. The molecule has 1 saturated carbocycles. The summed E-state index contributed by atoms with van der Waals surface area (Å²) >= 11 is 0. The Morgan fingerprint density at radius 1 is 1.32 bits per heavy atom. The molecule has 0 aromatic heterocycles. The molecule has 1 aliphatic carbocycles. The molecule has 2 rings (SSSR count). The molecule has 0 saturated heterocycles. The summed E-state index contributed by atoms with van der Waals surface area (Å²) in [7, 11) is 1.74. The van der Waals surface area contributed by atoms with Crippen molar-refractivity contribution in [1.29, 1.82) is 0 Å². The number of ether oxygens (including phenoxy) is 1. The lowest BCUT2D eigenvalue weighted by Gasteiger charge is -2.20. The Labute approximate surface area is 134 Å². The van der Waals surface area contributed by atoms with Crippen LogP contribution in [0.5, 0.6) is 5.75 Å². The highest BCUT2D eigenvalue weighted by atomic mass is 16.5. The lowest BCUT2D eigenvalue weighted by atomic mass is 10.1. The molecule has 22 heavy (non-hydrogen) atoms. The molecule has 1 aromatic carbocycles. The van der Waals surface area contributed by atoms with Crippen molar-refractivity contribution in [1.82, 2.24) is 10.2 Å². The molecule has 4 nitrogen and oxygen atoms in total. The second-order valence-corrected chi connectivity index (χ2v) is 6.10. The molecule has 0 spiro atoms. The molecule has 0 unspecified atom stereocenters. The zero-order chi connectivity index (χ0) is 15.8. The number of nitrogens with one attached hydrogen (secondary N) is 1. The van der Waals surface area contributed by atoms with Crippen molar-refractivity contribution < 1.29 is 9.84 Å². The highest BCUT2D eigenvalue weighted by Crippen LogP contribution is 2.23. The van der Waals surface area contributed by atoms with Crippen LogP contribution in [0.2, 0.25) is 0 Å². The Bertz CT molecular complexity index is 445. The molecule has 0 heterocycles. The highest BCUT2D eigenvalue weighted by Gasteiger charge is 2.15. The summed E-state index contributed by atoms with van der Waals surface area (Å²) in [6, 6.07) is 7.15. The summed E-state index contributed by atoms with van der Waals surface area (Å²) in [5.74, 6) is 0.961. The van der Waals surface area contributed by atoms with Gasteiger partial charge in [-0.15, -0.1) is 0 Å². The fourth-order valence-electron chi connectivity index (χ4n) is 3.17. The lowest BCUT2D eigenvalue weighted by Crippen LogP contribution is -2.26. The Balaban J connectivity index is 1.96. The zero-order valence-corrected chi connectivity index (χ0v) is 14.0. The number of nitrogens with zero attached hydrogens (tertiary/aromatic N) is 1. The summed E-state index contributed by atoms with van der Waals surface area (Å²) in [5.41, 5.74) is 2.46. The summed E-state index contributed by atoms with van der Waals surface area (Å²) < 4.78 is 5.57. The van der Waals surface area contributed by atoms with Gasteiger partial charge in [0, 0.05) is 31.2 Å². The number of likely N-dealkylation sites (N-methyl/N-ethyl adjacent to an activating group) is 1. The van der Waals surface area contributed by atoms with Gasteiger partial charge in [-0.2, -0.15) is 0 Å². The molecule has 0 aliphatic heterocycles. The predicted molar refractivity (Wildman–Crippen MR) is 90.1 cm³/mol. The molecule has 0 atom stereocenters. The molecular weight excluding hydrogens is 276 g/mol. The minimum Gasteiger partial charge on any atom is -0.496 e. The van der Waals surface area contributed by atoms with Crippen molar-refractivity contribution >= 4 is 0 Å². The van der Waals surface area contributed by atoms with Gasteiger partial charge < -0.3 is 15.2 Å². The van der Waals surface area contributed by atoms with E-state index in [0.717, 1.165) is 25.4 Å². The zero-order valence-electron chi connectivity index (χ0n) is 14.0. The topological polar surface area (TPSA) is 44.7 Å². The molecule has 4 heteroatoms. The van der Waals surface area contributed by atoms with Crippen LogP contribution < -0.4 is 10.1 Å². The van der Waals surface area contributed by atoms with Gasteiger partial charge in [0.1, 0.15) is 5.75 Å². The first-order valence-corrected chi connectivity index (χ1v) is 8.49. The number of hydrogen-bond acceptors (Lipinski definition) is 4. The van der Waals surface area contributed by atoms with Gasteiger partial charge in [-0.05, 0) is 31.0 Å². The molecule has 0 bridgehead atoms. The fraction of sp³-hybridized carbons (Fsp3) is 0.667. The van der Waals surface area contributed by atoms with Crippen molar-refractivity contribution in [3.63, 3.8) is 0 Å². The van der Waals surface area contributed by atoms with Gasteiger partial charge >= 0.3 is 0 Å². The fourth-order valence-corrected chi connectivity index (χ4v) is 3.17. The van der Waals surface area contributed by atoms with Crippen molar-refractivity contribution in [3.8, 4) is 5.75 Å². The Morgan fingerprint density at radius 3 is 2.73 bits per heavy atom. The average molecular weight is 306 g/mol. The van der Waals surface area contributed by atoms with E-state index in [1.165, 1.54) is 36.8 Å². The molecule has 1 aliphatic rings. The summed E-state index contributed by atoms with van der Waals surface area (Å²) in [6.07, 6.45) is 5.30. The Morgan fingerprint density at radius 2 is 2.09 bits per heavy atom. The Kier molecular flexibility index (Phi) is 7.16. The largest absolute Gasteiger partial charge is 0.496 e. The maximum absolute atomic E-state index is 9.09. The first-order chi connectivity index (χ1) is 10.8. The van der Waals surface area contributed by atoms with E-state index in [1.807, 2.05) is 0 Å². The van der Waals surface area contributed by atoms with Gasteiger partial charge in [0.2, 0.25) is 0 Å². The van der Waals surface area contributed by atoms with Gasteiger partial charge in [-0.25, -0.2) is 0 Å². The number of hydrogen-bond donors (Lipinski definition) is 2. The second-order valence-electron chi connectivity index (χ2n) is 6.10. The average Bonchev–Trinajstić information content (AvgIpc) is 3.06. The first kappa shape index (κ1) is 17.3. The lowest BCUT2D eigenvalue weighted by molar-refractivity contribution is 0.196.